The van der Waals surface area contributed by atoms with Crippen molar-refractivity contribution in [1.82, 2.24) is 9.78 Å². The second kappa shape index (κ2) is 7.50. The predicted octanol–water partition coefficient (Wildman–Crippen LogP) is 2.44. The van der Waals surface area contributed by atoms with Crippen molar-refractivity contribution in [2.24, 2.45) is 0 Å². The van der Waals surface area contributed by atoms with Crippen LogP contribution < -0.4 is 8.92 Å². The highest BCUT2D eigenvalue weighted by molar-refractivity contribution is 7.87. The average molecular weight is 388 g/mol. The van der Waals surface area contributed by atoms with Gasteiger partial charge in [0.2, 0.25) is 0 Å². The van der Waals surface area contributed by atoms with Crippen LogP contribution in [0.2, 0.25) is 0 Å². The largest absolute Gasteiger partial charge is 0.497 e. The Bertz CT molecular complexity index is 1060. The molecule has 3 rings (SSSR count). The van der Waals surface area contributed by atoms with Crippen LogP contribution >= 0.6 is 0 Å². The predicted molar refractivity (Wildman–Crippen MR) is 95.7 cm³/mol. The summed E-state index contributed by atoms with van der Waals surface area (Å²) in [6, 6.07) is 13.2. The Hall–Kier alpha value is -3.33. The lowest BCUT2D eigenvalue weighted by Gasteiger charge is -2.11. The molecule has 1 heterocycles. The Labute approximate surface area is 156 Å². The molecule has 0 atom stereocenters. The van der Waals surface area contributed by atoms with Crippen LogP contribution in [0.4, 0.5) is 0 Å². The van der Waals surface area contributed by atoms with Gasteiger partial charge in [0.1, 0.15) is 16.2 Å². The Balaban J connectivity index is 1.95. The summed E-state index contributed by atoms with van der Waals surface area (Å²) in [5, 5.41) is 4.04. The molecule has 0 aliphatic heterocycles. The minimum Gasteiger partial charge on any atom is -0.497 e. The molecule has 0 radical (unpaired) electrons. The van der Waals surface area contributed by atoms with E-state index in [0.717, 1.165) is 0 Å². The van der Waals surface area contributed by atoms with E-state index in [1.807, 2.05) is 6.07 Å². The number of hydrogen-bond acceptors (Lipinski definition) is 7. The van der Waals surface area contributed by atoms with Crippen LogP contribution in [0.15, 0.2) is 65.8 Å². The van der Waals surface area contributed by atoms with Crippen LogP contribution in [0.25, 0.3) is 5.69 Å². The minimum atomic E-state index is -4.24. The first-order chi connectivity index (χ1) is 12.9. The smallest absolute Gasteiger partial charge is 0.342 e. The molecule has 0 aliphatic rings. The lowest BCUT2D eigenvalue weighted by atomic mass is 10.2. The van der Waals surface area contributed by atoms with Crippen LogP contribution in [0.5, 0.6) is 11.5 Å². The third-order valence-electron chi connectivity index (χ3n) is 3.66. The van der Waals surface area contributed by atoms with Crippen molar-refractivity contribution >= 4 is 16.1 Å². The molecule has 2 aromatic carbocycles. The lowest BCUT2D eigenvalue weighted by molar-refractivity contribution is 0.0599. The summed E-state index contributed by atoms with van der Waals surface area (Å²) in [6.07, 6.45) is 2.49. The highest BCUT2D eigenvalue weighted by atomic mass is 32.2. The molecule has 0 fully saturated rings. The number of carbonyl (C=O) groups is 1. The normalized spacial score (nSPS) is 11.0. The summed E-state index contributed by atoms with van der Waals surface area (Å²) in [6.45, 7) is 0. The molecule has 0 unspecified atom stereocenters. The Morgan fingerprint density at radius 2 is 1.81 bits per heavy atom. The van der Waals surface area contributed by atoms with Gasteiger partial charge in [0.15, 0.2) is 5.75 Å². The first kappa shape index (κ1) is 18.5. The molecule has 1 aromatic heterocycles. The molecular formula is C18H16N2O6S. The summed E-state index contributed by atoms with van der Waals surface area (Å²) in [4.78, 5) is 11.7. The summed E-state index contributed by atoms with van der Waals surface area (Å²) >= 11 is 0. The highest BCUT2D eigenvalue weighted by Crippen LogP contribution is 2.28. The van der Waals surface area contributed by atoms with Crippen molar-refractivity contribution in [2.45, 2.75) is 4.90 Å². The number of carbonyl (C=O) groups excluding carboxylic acids is 1. The second-order valence-electron chi connectivity index (χ2n) is 5.35. The van der Waals surface area contributed by atoms with E-state index in [1.54, 1.807) is 24.3 Å². The van der Waals surface area contributed by atoms with E-state index in [-0.39, 0.29) is 16.2 Å². The zero-order valence-electron chi connectivity index (χ0n) is 14.5. The lowest BCUT2D eigenvalue weighted by Crippen LogP contribution is -2.13. The molecule has 0 spiro atoms. The van der Waals surface area contributed by atoms with E-state index in [1.165, 1.54) is 49.5 Å². The number of methoxy groups -OCH3 is 2. The SMILES string of the molecule is COC(=O)c1ccc(OC)cc1OS(=O)(=O)c1cnn(-c2ccccc2)c1. The molecule has 0 amide bonds. The van der Waals surface area contributed by atoms with Gasteiger partial charge in [-0.15, -0.1) is 0 Å². The van der Waals surface area contributed by atoms with Crippen LogP contribution in [-0.2, 0) is 14.9 Å². The van der Waals surface area contributed by atoms with Crippen molar-refractivity contribution in [3.05, 3.63) is 66.5 Å². The maximum absolute atomic E-state index is 12.6. The summed E-state index contributed by atoms with van der Waals surface area (Å²) in [5.41, 5.74) is 0.646. The average Bonchev–Trinajstić information content (AvgIpc) is 3.19. The summed E-state index contributed by atoms with van der Waals surface area (Å²) in [7, 11) is -1.64. The number of ether oxygens (including phenoxy) is 2. The molecule has 8 nitrogen and oxygen atoms in total. The van der Waals surface area contributed by atoms with Crippen LogP contribution in [0.1, 0.15) is 10.4 Å². The van der Waals surface area contributed by atoms with Gasteiger partial charge in [0, 0.05) is 6.07 Å². The number of rotatable bonds is 6. The molecule has 0 saturated heterocycles. The fourth-order valence-corrected chi connectivity index (χ4v) is 3.18. The molecule has 27 heavy (non-hydrogen) atoms. The van der Waals surface area contributed by atoms with Crippen molar-refractivity contribution in [2.75, 3.05) is 14.2 Å². The van der Waals surface area contributed by atoms with E-state index in [2.05, 4.69) is 9.84 Å². The van der Waals surface area contributed by atoms with E-state index < -0.39 is 16.1 Å². The zero-order chi connectivity index (χ0) is 19.4. The molecule has 9 heteroatoms. The molecule has 3 aromatic rings. The second-order valence-corrected chi connectivity index (χ2v) is 6.89. The molecule has 140 valence electrons. The number of benzene rings is 2. The molecule has 0 saturated carbocycles. The van der Waals surface area contributed by atoms with Gasteiger partial charge < -0.3 is 13.7 Å². The number of esters is 1. The Kier molecular flexibility index (Phi) is 5.13. The van der Waals surface area contributed by atoms with E-state index in [9.17, 15) is 13.2 Å². The number of aromatic nitrogens is 2. The topological polar surface area (TPSA) is 96.7 Å². The zero-order valence-corrected chi connectivity index (χ0v) is 15.3. The van der Waals surface area contributed by atoms with Gasteiger partial charge in [-0.25, -0.2) is 9.48 Å². The third-order valence-corrected chi connectivity index (χ3v) is 4.85. The van der Waals surface area contributed by atoms with Gasteiger partial charge >= 0.3 is 16.1 Å². The molecular weight excluding hydrogens is 372 g/mol. The number of para-hydroxylation sites is 1. The maximum Gasteiger partial charge on any atom is 0.342 e. The Morgan fingerprint density at radius 3 is 2.48 bits per heavy atom. The number of nitrogens with zero attached hydrogens (tertiary/aromatic N) is 2. The number of hydrogen-bond donors (Lipinski definition) is 0. The van der Waals surface area contributed by atoms with Crippen molar-refractivity contribution in [3.8, 4) is 17.2 Å². The summed E-state index contributed by atoms with van der Waals surface area (Å²) in [5.74, 6) is -0.607. The maximum atomic E-state index is 12.6. The fourth-order valence-electron chi connectivity index (χ4n) is 2.30. The van der Waals surface area contributed by atoms with Gasteiger partial charge in [-0.3, -0.25) is 0 Å². The summed E-state index contributed by atoms with van der Waals surface area (Å²) < 4.78 is 41.6. The molecule has 0 aliphatic carbocycles. The van der Waals surface area contributed by atoms with Crippen LogP contribution in [0, 0.1) is 0 Å². The fraction of sp³-hybridized carbons (Fsp3) is 0.111. The van der Waals surface area contributed by atoms with Gasteiger partial charge in [0.05, 0.1) is 32.3 Å². The van der Waals surface area contributed by atoms with Crippen molar-refractivity contribution < 1.29 is 26.9 Å². The van der Waals surface area contributed by atoms with Crippen LogP contribution in [0.3, 0.4) is 0 Å². The standard InChI is InChI=1S/C18H16N2O6S/c1-24-14-8-9-16(18(21)25-2)17(10-14)26-27(22,23)15-11-19-20(12-15)13-6-4-3-5-7-13/h3-12H,1-2H3. The first-order valence-corrected chi connectivity index (χ1v) is 9.16. The minimum absolute atomic E-state index is 0.0441. The van der Waals surface area contributed by atoms with Crippen molar-refractivity contribution in [1.29, 1.82) is 0 Å². The van der Waals surface area contributed by atoms with Gasteiger partial charge in [-0.2, -0.15) is 13.5 Å². The monoisotopic (exact) mass is 388 g/mol. The third kappa shape index (κ3) is 3.93. The van der Waals surface area contributed by atoms with Gasteiger partial charge in [0.25, 0.3) is 0 Å². The molecule has 0 N–H and O–H groups in total. The van der Waals surface area contributed by atoms with Crippen LogP contribution in [-0.4, -0.2) is 38.4 Å². The Morgan fingerprint density at radius 1 is 1.07 bits per heavy atom. The first-order valence-electron chi connectivity index (χ1n) is 7.75. The van der Waals surface area contributed by atoms with E-state index in [4.69, 9.17) is 8.92 Å². The van der Waals surface area contributed by atoms with Gasteiger partial charge in [-0.1, -0.05) is 18.2 Å². The molecule has 0 bridgehead atoms. The van der Waals surface area contributed by atoms with E-state index in [0.29, 0.717) is 11.4 Å². The van der Waals surface area contributed by atoms with E-state index >= 15 is 0 Å². The highest BCUT2D eigenvalue weighted by Gasteiger charge is 2.24. The van der Waals surface area contributed by atoms with Gasteiger partial charge in [-0.05, 0) is 24.3 Å². The van der Waals surface area contributed by atoms with Crippen molar-refractivity contribution in [3.63, 3.8) is 0 Å². The quantitative estimate of drug-likeness (QED) is 0.473.